The van der Waals surface area contributed by atoms with Crippen LogP contribution in [-0.4, -0.2) is 23.6 Å². The van der Waals surface area contributed by atoms with Crippen molar-refractivity contribution in [2.24, 2.45) is 5.73 Å². The lowest BCUT2D eigenvalue weighted by Crippen LogP contribution is -2.51. The zero-order valence-corrected chi connectivity index (χ0v) is 5.70. The van der Waals surface area contributed by atoms with Crippen molar-refractivity contribution < 1.29 is 9.59 Å². The highest BCUT2D eigenvalue weighted by molar-refractivity contribution is 5.80. The first kappa shape index (κ1) is 7.39. The normalized spacial score (nSPS) is 16.0. The quantitative estimate of drug-likeness (QED) is 0.459. The van der Waals surface area contributed by atoms with Crippen LogP contribution < -0.4 is 16.5 Å². The average molecular weight is 156 g/mol. The van der Waals surface area contributed by atoms with Crippen LogP contribution >= 0.6 is 0 Å². The summed E-state index contributed by atoms with van der Waals surface area (Å²) >= 11 is 0. The molecule has 6 nitrogen and oxygen atoms in total. The van der Waals surface area contributed by atoms with Crippen molar-refractivity contribution in [3.63, 3.8) is 0 Å². The molecule has 0 bridgehead atoms. The van der Waals surface area contributed by atoms with Crippen molar-refractivity contribution in [3.8, 4) is 0 Å². The van der Waals surface area contributed by atoms with Gasteiger partial charge >= 0.3 is 12.1 Å². The van der Waals surface area contributed by atoms with Crippen LogP contribution in [0, 0.1) is 0 Å². The fourth-order valence-corrected chi connectivity index (χ4v) is 0.664. The molecule has 60 valence electrons. The molecule has 0 saturated heterocycles. The third-order valence-corrected chi connectivity index (χ3v) is 1.08. The Hall–Kier alpha value is -1.72. The molecule has 0 aromatic carbocycles. The van der Waals surface area contributed by atoms with Gasteiger partial charge in [0.25, 0.3) is 0 Å². The van der Waals surface area contributed by atoms with E-state index in [1.54, 1.807) is 6.08 Å². The molecule has 4 N–H and O–H groups in total. The second-order valence-corrected chi connectivity index (χ2v) is 1.92. The molecule has 0 aromatic heterocycles. The Bertz CT molecular complexity index is 213. The lowest BCUT2D eigenvalue weighted by molar-refractivity contribution is 0.191. The summed E-state index contributed by atoms with van der Waals surface area (Å²) in [6, 6.07) is -1.17. The summed E-state index contributed by atoms with van der Waals surface area (Å²) in [6.07, 6.45) is 3.11. The lowest BCUT2D eigenvalue weighted by atomic mass is 10.5. The molecule has 0 radical (unpaired) electrons. The zero-order valence-electron chi connectivity index (χ0n) is 5.70. The van der Waals surface area contributed by atoms with Crippen molar-refractivity contribution in [2.75, 3.05) is 6.54 Å². The maximum Gasteiger partial charge on any atom is 0.340 e. The number of carbonyl (C=O) groups is 2. The van der Waals surface area contributed by atoms with E-state index in [1.165, 1.54) is 6.20 Å². The molecule has 4 amide bonds. The maximum absolute atomic E-state index is 10.8. The molecule has 0 saturated carbocycles. The smallest absolute Gasteiger partial charge is 0.340 e. The molecule has 0 unspecified atom stereocenters. The van der Waals surface area contributed by atoms with Gasteiger partial charge in [-0.15, -0.1) is 0 Å². The minimum absolute atomic E-state index is 0.397. The number of nitrogens with one attached hydrogen (secondary N) is 2. The monoisotopic (exact) mass is 156 g/mol. The third kappa shape index (κ3) is 1.85. The summed E-state index contributed by atoms with van der Waals surface area (Å²) in [7, 11) is 0. The van der Waals surface area contributed by atoms with E-state index >= 15 is 0 Å². The number of hydrazine groups is 1. The van der Waals surface area contributed by atoms with Crippen LogP contribution in [0.15, 0.2) is 12.3 Å². The summed E-state index contributed by atoms with van der Waals surface area (Å²) < 4.78 is 0. The lowest BCUT2D eigenvalue weighted by Gasteiger charge is -2.21. The number of hydrogen-bond donors (Lipinski definition) is 3. The summed E-state index contributed by atoms with van der Waals surface area (Å²) in [4.78, 5) is 21.1. The number of amides is 4. The molecule has 0 fully saturated rings. The second-order valence-electron chi connectivity index (χ2n) is 1.92. The Morgan fingerprint density at radius 3 is 3.09 bits per heavy atom. The first-order valence-corrected chi connectivity index (χ1v) is 3.00. The molecule has 0 aliphatic carbocycles. The predicted molar refractivity (Wildman–Crippen MR) is 37.1 cm³/mol. The van der Waals surface area contributed by atoms with Gasteiger partial charge in [-0.25, -0.2) is 20.0 Å². The van der Waals surface area contributed by atoms with E-state index in [2.05, 4.69) is 10.7 Å². The van der Waals surface area contributed by atoms with Gasteiger partial charge in [-0.05, 0) is 6.08 Å². The number of rotatable bonds is 1. The number of nitrogens with two attached hydrogens (primary N) is 1. The van der Waals surface area contributed by atoms with E-state index in [0.29, 0.717) is 6.54 Å². The molecule has 1 rings (SSSR count). The molecular formula is C5H8N4O2. The van der Waals surface area contributed by atoms with E-state index < -0.39 is 12.1 Å². The van der Waals surface area contributed by atoms with Crippen LogP contribution in [0.2, 0.25) is 0 Å². The minimum atomic E-state index is -0.772. The minimum Gasteiger partial charge on any atom is -0.350 e. The topological polar surface area (TPSA) is 87.5 Å². The largest absolute Gasteiger partial charge is 0.350 e. The fourth-order valence-electron chi connectivity index (χ4n) is 0.664. The molecule has 6 heteroatoms. The Kier molecular flexibility index (Phi) is 1.95. The van der Waals surface area contributed by atoms with Gasteiger partial charge in [-0.2, -0.15) is 0 Å². The Morgan fingerprint density at radius 2 is 2.55 bits per heavy atom. The van der Waals surface area contributed by atoms with Crippen LogP contribution in [0.1, 0.15) is 0 Å². The Morgan fingerprint density at radius 1 is 1.82 bits per heavy atom. The van der Waals surface area contributed by atoms with Gasteiger partial charge in [-0.1, -0.05) is 0 Å². The van der Waals surface area contributed by atoms with Crippen LogP contribution in [0.4, 0.5) is 9.59 Å². The molecule has 0 aromatic rings. The molecule has 1 aliphatic rings. The molecule has 1 heterocycles. The van der Waals surface area contributed by atoms with Gasteiger partial charge in [0.2, 0.25) is 0 Å². The van der Waals surface area contributed by atoms with E-state index in [0.717, 1.165) is 5.01 Å². The second kappa shape index (κ2) is 2.91. The summed E-state index contributed by atoms with van der Waals surface area (Å²) in [5, 5.41) is 3.45. The summed E-state index contributed by atoms with van der Waals surface area (Å²) in [5.41, 5.74) is 6.88. The highest BCUT2D eigenvalue weighted by Gasteiger charge is 2.13. The van der Waals surface area contributed by atoms with Crippen LogP contribution in [0.3, 0.4) is 0 Å². The van der Waals surface area contributed by atoms with Crippen molar-refractivity contribution >= 4 is 12.1 Å². The van der Waals surface area contributed by atoms with Gasteiger partial charge < -0.3 is 11.1 Å². The standard InChI is InChI=1S/C5H8N4O2/c6-4(10)8-9-3-1-2-7-5(9)11/h1,3H,2H2,(H,7,11)(H3,6,8,10). The highest BCUT2D eigenvalue weighted by Crippen LogP contribution is 1.90. The fraction of sp³-hybridized carbons (Fsp3) is 0.200. The molecular weight excluding hydrogens is 148 g/mol. The molecule has 1 aliphatic heterocycles. The first-order chi connectivity index (χ1) is 5.20. The number of urea groups is 2. The van der Waals surface area contributed by atoms with Crippen LogP contribution in [-0.2, 0) is 0 Å². The molecule has 11 heavy (non-hydrogen) atoms. The van der Waals surface area contributed by atoms with Gasteiger partial charge in [-0.3, -0.25) is 0 Å². The molecule has 0 spiro atoms. The first-order valence-electron chi connectivity index (χ1n) is 3.00. The van der Waals surface area contributed by atoms with Gasteiger partial charge in [0.15, 0.2) is 0 Å². The van der Waals surface area contributed by atoms with E-state index in [1.807, 2.05) is 0 Å². The van der Waals surface area contributed by atoms with E-state index in [9.17, 15) is 9.59 Å². The summed E-state index contributed by atoms with van der Waals surface area (Å²) in [6.45, 7) is 0.468. The van der Waals surface area contributed by atoms with Crippen molar-refractivity contribution in [3.05, 3.63) is 12.3 Å². The summed E-state index contributed by atoms with van der Waals surface area (Å²) in [5.74, 6) is 0. The zero-order chi connectivity index (χ0) is 8.27. The van der Waals surface area contributed by atoms with Gasteiger partial charge in [0, 0.05) is 12.7 Å². The van der Waals surface area contributed by atoms with Crippen molar-refractivity contribution in [1.29, 1.82) is 0 Å². The average Bonchev–Trinajstić information content (AvgIpc) is 1.93. The number of carbonyl (C=O) groups excluding carboxylic acids is 2. The SMILES string of the molecule is NC(=O)NN1C=CCNC1=O. The van der Waals surface area contributed by atoms with Gasteiger partial charge in [0.1, 0.15) is 0 Å². The Labute approximate surface area is 63.0 Å². The number of hydrogen-bond acceptors (Lipinski definition) is 2. The van der Waals surface area contributed by atoms with Gasteiger partial charge in [0.05, 0.1) is 0 Å². The predicted octanol–water partition coefficient (Wildman–Crippen LogP) is -0.891. The Balaban J connectivity index is 2.55. The van der Waals surface area contributed by atoms with Crippen LogP contribution in [0.25, 0.3) is 0 Å². The van der Waals surface area contributed by atoms with E-state index in [-0.39, 0.29) is 0 Å². The highest BCUT2D eigenvalue weighted by atomic mass is 16.2. The number of primary amides is 1. The molecule has 0 atom stereocenters. The third-order valence-electron chi connectivity index (χ3n) is 1.08. The van der Waals surface area contributed by atoms with E-state index in [4.69, 9.17) is 5.73 Å². The maximum atomic E-state index is 10.8. The van der Waals surface area contributed by atoms with Crippen molar-refractivity contribution in [2.45, 2.75) is 0 Å². The number of nitrogens with zero attached hydrogens (tertiary/aromatic N) is 1. The van der Waals surface area contributed by atoms with Crippen molar-refractivity contribution in [1.82, 2.24) is 15.8 Å². The van der Waals surface area contributed by atoms with Crippen LogP contribution in [0.5, 0.6) is 0 Å².